The van der Waals surface area contributed by atoms with Crippen molar-refractivity contribution >= 4 is 9.52 Å². The maximum Gasteiger partial charge on any atom is 4.00 e. The van der Waals surface area contributed by atoms with E-state index in [1.54, 1.807) is 0 Å². The van der Waals surface area contributed by atoms with Crippen LogP contribution in [0, 0.1) is 24.0 Å². The Morgan fingerprint density at radius 2 is 0.962 bits per heavy atom. The Morgan fingerprint density at radius 1 is 0.692 bits per heavy atom. The molecule has 26 heavy (non-hydrogen) atoms. The summed E-state index contributed by atoms with van der Waals surface area (Å²) in [6.45, 7) is 21.8. The predicted octanol–water partition coefficient (Wildman–Crippen LogP) is 0.749. The molecule has 2 aliphatic carbocycles. The molecule has 0 aliphatic heterocycles. The van der Waals surface area contributed by atoms with Crippen LogP contribution in [0.2, 0.25) is 12.1 Å². The minimum Gasteiger partial charge on any atom is -1.00 e. The zero-order valence-electron chi connectivity index (χ0n) is 18.4. The molecular formula is C22H37I2SiZr. The minimum atomic E-state index is 0. The maximum absolute atomic E-state index is 3.36. The molecule has 0 N–H and O–H groups in total. The molecule has 2 rings (SSSR count). The molecule has 2 atom stereocenters. The summed E-state index contributed by atoms with van der Waals surface area (Å²) >= 11 is 0. The zero-order chi connectivity index (χ0) is 18.2. The molecule has 0 fully saturated rings. The molecule has 147 valence electrons. The summed E-state index contributed by atoms with van der Waals surface area (Å²) in [5.74, 6) is 1.12. The molecule has 0 heterocycles. The van der Waals surface area contributed by atoms with E-state index in [0.717, 1.165) is 9.52 Å². The first kappa shape index (κ1) is 35.0. The second-order valence-electron chi connectivity index (χ2n) is 6.70. The number of hydrogen-bond donors (Lipinski definition) is 0. The first-order valence-electron chi connectivity index (χ1n) is 9.04. The average Bonchev–Trinajstić information content (AvgIpc) is 2.86. The van der Waals surface area contributed by atoms with Crippen LogP contribution in [0.3, 0.4) is 0 Å². The Hall–Kier alpha value is 1.52. The van der Waals surface area contributed by atoms with Gasteiger partial charge >= 0.3 is 26.2 Å². The fourth-order valence-electron chi connectivity index (χ4n) is 2.61. The largest absolute Gasteiger partial charge is 4.00 e. The summed E-state index contributed by atoms with van der Waals surface area (Å²) in [6, 6.07) is 2.85. The van der Waals surface area contributed by atoms with Crippen molar-refractivity contribution < 1.29 is 74.2 Å². The quantitative estimate of drug-likeness (QED) is 0.231. The Labute approximate surface area is 220 Å². The van der Waals surface area contributed by atoms with E-state index in [1.165, 1.54) is 45.5 Å². The van der Waals surface area contributed by atoms with Crippen molar-refractivity contribution in [2.24, 2.45) is 11.8 Å². The fourth-order valence-corrected chi connectivity index (χ4v) is 3.19. The van der Waals surface area contributed by atoms with Gasteiger partial charge in [-0.25, -0.2) is 11.1 Å². The Balaban J connectivity index is -0.000000137. The van der Waals surface area contributed by atoms with Gasteiger partial charge < -0.3 is 48.0 Å². The number of allylic oxidation sites excluding steroid dienone is 8. The van der Waals surface area contributed by atoms with Crippen molar-refractivity contribution in [2.75, 3.05) is 0 Å². The van der Waals surface area contributed by atoms with Crippen LogP contribution in [-0.2, 0) is 26.2 Å². The number of halogens is 2. The normalized spacial score (nSPS) is 20.4. The van der Waals surface area contributed by atoms with Crippen LogP contribution >= 0.6 is 0 Å². The Kier molecular flexibility index (Phi) is 25.0. The van der Waals surface area contributed by atoms with Crippen molar-refractivity contribution in [1.29, 1.82) is 0 Å². The van der Waals surface area contributed by atoms with Crippen LogP contribution in [0.25, 0.3) is 0 Å². The monoisotopic (exact) mass is 673 g/mol. The van der Waals surface area contributed by atoms with Gasteiger partial charge in [0.2, 0.25) is 0 Å². The molecule has 2 aliphatic rings. The third kappa shape index (κ3) is 12.2. The molecule has 0 aromatic heterocycles. The Bertz CT molecular complexity index is 470. The first-order valence-corrected chi connectivity index (χ1v) is 10.7. The molecule has 0 nitrogen and oxygen atoms in total. The third-order valence-corrected chi connectivity index (χ3v) is 6.21. The summed E-state index contributed by atoms with van der Waals surface area (Å²) < 4.78 is 0. The smallest absolute Gasteiger partial charge is 1.00 e. The van der Waals surface area contributed by atoms with Gasteiger partial charge in [0.25, 0.3) is 0 Å². The molecule has 0 spiro atoms. The van der Waals surface area contributed by atoms with Crippen LogP contribution < -0.4 is 48.0 Å². The van der Waals surface area contributed by atoms with Crippen LogP contribution in [-0.4, -0.2) is 9.52 Å². The van der Waals surface area contributed by atoms with Gasteiger partial charge in [-0.1, -0.05) is 79.3 Å². The standard InChI is InChI=1S/2C9H13.C4H11Si.2HI.Zr/c2*1-6-5-7(2)9(4)8(6)3;1-3-5-4-2;;;/h2*6H,1-4H3;5H,3-4H2,1-2H3;2*1H;/q2*-1;;;;+4/p-2. The van der Waals surface area contributed by atoms with Gasteiger partial charge in [-0.15, -0.1) is 13.8 Å². The van der Waals surface area contributed by atoms with Crippen LogP contribution in [0.4, 0.5) is 0 Å². The van der Waals surface area contributed by atoms with E-state index in [9.17, 15) is 0 Å². The predicted molar refractivity (Wildman–Crippen MR) is 108 cm³/mol. The zero-order valence-corrected chi connectivity index (χ0v) is 26.3. The topological polar surface area (TPSA) is 0 Å². The summed E-state index contributed by atoms with van der Waals surface area (Å²) in [7, 11) is 0.815. The van der Waals surface area contributed by atoms with E-state index >= 15 is 0 Å². The fraction of sp³-hybridized carbons (Fsp3) is 0.636. The second kappa shape index (κ2) is 18.5. The van der Waals surface area contributed by atoms with E-state index in [4.69, 9.17) is 0 Å². The minimum absolute atomic E-state index is 0. The van der Waals surface area contributed by atoms with Gasteiger partial charge in [-0.2, -0.15) is 22.3 Å². The second-order valence-corrected chi connectivity index (χ2v) is 8.91. The van der Waals surface area contributed by atoms with Gasteiger partial charge in [-0.3, -0.25) is 12.2 Å². The first-order chi connectivity index (χ1) is 10.7. The maximum atomic E-state index is 3.36. The van der Waals surface area contributed by atoms with Gasteiger partial charge in [0.1, 0.15) is 0 Å². The van der Waals surface area contributed by atoms with Gasteiger partial charge in [0.15, 0.2) is 0 Å². The van der Waals surface area contributed by atoms with E-state index < -0.39 is 0 Å². The van der Waals surface area contributed by atoms with Crippen LogP contribution in [0.1, 0.15) is 69.2 Å². The van der Waals surface area contributed by atoms with Crippen molar-refractivity contribution in [3.63, 3.8) is 0 Å². The molecule has 0 saturated heterocycles. The number of rotatable bonds is 2. The van der Waals surface area contributed by atoms with Crippen LogP contribution in [0.5, 0.6) is 0 Å². The molecule has 0 amide bonds. The summed E-state index contributed by atoms with van der Waals surface area (Å²) in [4.78, 5) is 0. The van der Waals surface area contributed by atoms with E-state index in [0.29, 0.717) is 11.8 Å². The summed E-state index contributed by atoms with van der Waals surface area (Å²) in [6.07, 6.45) is 6.72. The van der Waals surface area contributed by atoms with Gasteiger partial charge in [0.05, 0.1) is 0 Å². The molecule has 2 unspecified atom stereocenters. The van der Waals surface area contributed by atoms with Gasteiger partial charge in [-0.05, 0) is 0 Å². The van der Waals surface area contributed by atoms with Crippen molar-refractivity contribution in [3.8, 4) is 0 Å². The summed E-state index contributed by atoms with van der Waals surface area (Å²) in [5.41, 5.74) is 8.49. The molecule has 0 aromatic carbocycles. The van der Waals surface area contributed by atoms with E-state index in [1.807, 2.05) is 0 Å². The molecule has 0 bridgehead atoms. The SMILES string of the molecule is CC1=[C-]C(C)C(C)=C1C.CC1=[C-]C(C)C(C)=C1C.CC[SiH]CC.[I-].[I-].[Zr+4]. The van der Waals surface area contributed by atoms with E-state index in [-0.39, 0.29) is 74.2 Å². The van der Waals surface area contributed by atoms with E-state index in [2.05, 4.69) is 81.4 Å². The molecule has 0 aromatic rings. The third-order valence-electron chi connectivity index (χ3n) is 5.05. The summed E-state index contributed by atoms with van der Waals surface area (Å²) in [5, 5.41) is 0. The molecule has 4 heteroatoms. The molecule has 0 saturated carbocycles. The molecule has 1 radical (unpaired) electrons. The van der Waals surface area contributed by atoms with Crippen molar-refractivity contribution in [3.05, 3.63) is 45.6 Å². The average molecular weight is 675 g/mol. The molecular weight excluding hydrogens is 637 g/mol. The Morgan fingerprint density at radius 3 is 1.00 bits per heavy atom. The van der Waals surface area contributed by atoms with Crippen molar-refractivity contribution in [2.45, 2.75) is 81.3 Å². The number of hydrogen-bond acceptors (Lipinski definition) is 0. The van der Waals surface area contributed by atoms with Crippen molar-refractivity contribution in [1.82, 2.24) is 0 Å². The van der Waals surface area contributed by atoms with Crippen LogP contribution in [0.15, 0.2) is 33.4 Å². The van der Waals surface area contributed by atoms with Gasteiger partial charge in [0, 0.05) is 9.52 Å².